The third-order valence-corrected chi connectivity index (χ3v) is 3.33. The molecule has 0 aliphatic carbocycles. The van der Waals surface area contributed by atoms with Crippen LogP contribution in [0.1, 0.15) is 19.3 Å². The van der Waals surface area contributed by atoms with Crippen LogP contribution in [-0.4, -0.2) is 52.0 Å². The molecule has 2 unspecified atom stereocenters. The van der Waals surface area contributed by atoms with Gasteiger partial charge in [-0.2, -0.15) is 0 Å². The smallest absolute Gasteiger partial charge is 0.191 e. The first-order chi connectivity index (χ1) is 8.38. The van der Waals surface area contributed by atoms with Crippen molar-refractivity contribution in [3.63, 3.8) is 0 Å². The first-order valence-corrected chi connectivity index (χ1v) is 6.52. The Morgan fingerprint density at radius 3 is 2.76 bits per heavy atom. The van der Waals surface area contributed by atoms with Crippen LogP contribution in [0.4, 0.5) is 0 Å². The van der Waals surface area contributed by atoms with Crippen LogP contribution in [0, 0.1) is 5.92 Å². The molecule has 0 aromatic rings. The molecule has 0 radical (unpaired) electrons. The van der Waals surface area contributed by atoms with E-state index >= 15 is 0 Å². The number of ether oxygens (including phenoxy) is 2. The lowest BCUT2D eigenvalue weighted by Crippen LogP contribution is -2.42. The van der Waals surface area contributed by atoms with E-state index in [0.29, 0.717) is 12.0 Å². The third-order valence-electron chi connectivity index (χ3n) is 3.33. The molecular weight excluding hydrogens is 218 g/mol. The molecule has 2 N–H and O–H groups in total. The Morgan fingerprint density at radius 1 is 1.24 bits per heavy atom. The lowest BCUT2D eigenvalue weighted by molar-refractivity contribution is 0.113. The van der Waals surface area contributed by atoms with Crippen molar-refractivity contribution in [1.82, 2.24) is 10.6 Å². The highest BCUT2D eigenvalue weighted by Gasteiger charge is 2.17. The largest absolute Gasteiger partial charge is 0.381 e. The molecule has 0 amide bonds. The third kappa shape index (κ3) is 4.16. The zero-order valence-corrected chi connectivity index (χ0v) is 10.6. The molecule has 0 aromatic carbocycles. The topological polar surface area (TPSA) is 54.9 Å². The molecule has 5 nitrogen and oxygen atoms in total. The Labute approximate surface area is 103 Å². The van der Waals surface area contributed by atoms with Gasteiger partial charge in [0, 0.05) is 39.3 Å². The van der Waals surface area contributed by atoms with Crippen molar-refractivity contribution in [1.29, 1.82) is 0 Å². The van der Waals surface area contributed by atoms with E-state index in [9.17, 15) is 0 Å². The first-order valence-electron chi connectivity index (χ1n) is 6.52. The summed E-state index contributed by atoms with van der Waals surface area (Å²) in [6, 6.07) is 0. The van der Waals surface area contributed by atoms with Crippen LogP contribution in [0.3, 0.4) is 0 Å². The number of rotatable bonds is 4. The zero-order chi connectivity index (χ0) is 11.9. The molecule has 0 spiro atoms. The molecule has 0 bridgehead atoms. The summed E-state index contributed by atoms with van der Waals surface area (Å²) < 4.78 is 10.9. The van der Waals surface area contributed by atoms with E-state index in [4.69, 9.17) is 9.47 Å². The molecule has 2 aliphatic heterocycles. The Morgan fingerprint density at radius 2 is 2.12 bits per heavy atom. The minimum absolute atomic E-state index is 0.350. The van der Waals surface area contributed by atoms with E-state index < -0.39 is 0 Å². The van der Waals surface area contributed by atoms with E-state index in [2.05, 4.69) is 15.6 Å². The van der Waals surface area contributed by atoms with Crippen LogP contribution in [-0.2, 0) is 9.47 Å². The molecule has 5 heteroatoms. The zero-order valence-electron chi connectivity index (χ0n) is 10.6. The molecule has 0 aromatic heterocycles. The highest BCUT2D eigenvalue weighted by Crippen LogP contribution is 2.11. The average Bonchev–Trinajstić information content (AvgIpc) is 3.02. The van der Waals surface area contributed by atoms with Crippen molar-refractivity contribution in [2.24, 2.45) is 10.9 Å². The van der Waals surface area contributed by atoms with E-state index in [1.807, 2.05) is 0 Å². The maximum atomic E-state index is 5.56. The van der Waals surface area contributed by atoms with Crippen molar-refractivity contribution in [3.05, 3.63) is 0 Å². The van der Waals surface area contributed by atoms with Crippen molar-refractivity contribution < 1.29 is 9.47 Å². The van der Waals surface area contributed by atoms with Crippen LogP contribution in [0.2, 0.25) is 0 Å². The van der Waals surface area contributed by atoms with E-state index in [-0.39, 0.29) is 0 Å². The quantitative estimate of drug-likeness (QED) is 0.551. The standard InChI is InChI=1S/C12H23N3O2/c1-13-12(14-7-10-4-6-16-9-10)15-8-11-3-2-5-17-11/h10-11H,2-9H2,1H3,(H2,13,14,15). The van der Waals surface area contributed by atoms with Crippen molar-refractivity contribution in [2.45, 2.75) is 25.4 Å². The molecule has 2 rings (SSSR count). The first kappa shape index (κ1) is 12.6. The molecule has 0 saturated carbocycles. The van der Waals surface area contributed by atoms with E-state index in [0.717, 1.165) is 51.7 Å². The molecule has 2 fully saturated rings. The molecular formula is C12H23N3O2. The lowest BCUT2D eigenvalue weighted by Gasteiger charge is -2.16. The highest BCUT2D eigenvalue weighted by atomic mass is 16.5. The molecule has 2 atom stereocenters. The summed E-state index contributed by atoms with van der Waals surface area (Å²) in [4.78, 5) is 4.21. The van der Waals surface area contributed by atoms with E-state index in [1.54, 1.807) is 7.05 Å². The maximum absolute atomic E-state index is 5.56. The number of nitrogens with one attached hydrogen (secondary N) is 2. The van der Waals surface area contributed by atoms with Gasteiger partial charge in [0.2, 0.25) is 0 Å². The number of aliphatic imine (C=N–C) groups is 1. The number of hydrogen-bond donors (Lipinski definition) is 2. The van der Waals surface area contributed by atoms with Crippen LogP contribution < -0.4 is 10.6 Å². The van der Waals surface area contributed by atoms with Crippen molar-refractivity contribution >= 4 is 5.96 Å². The molecule has 17 heavy (non-hydrogen) atoms. The van der Waals surface area contributed by atoms with Gasteiger partial charge in [0.05, 0.1) is 12.7 Å². The summed E-state index contributed by atoms with van der Waals surface area (Å²) in [6.45, 7) is 4.45. The second-order valence-corrected chi connectivity index (χ2v) is 4.70. The minimum Gasteiger partial charge on any atom is -0.381 e. The summed E-state index contributed by atoms with van der Waals surface area (Å²) in [7, 11) is 1.80. The monoisotopic (exact) mass is 241 g/mol. The fourth-order valence-electron chi connectivity index (χ4n) is 2.22. The summed E-state index contributed by atoms with van der Waals surface area (Å²) in [5.41, 5.74) is 0. The fourth-order valence-corrected chi connectivity index (χ4v) is 2.22. The number of hydrogen-bond acceptors (Lipinski definition) is 3. The summed E-state index contributed by atoms with van der Waals surface area (Å²) >= 11 is 0. The van der Waals surface area contributed by atoms with Gasteiger partial charge >= 0.3 is 0 Å². The van der Waals surface area contributed by atoms with Crippen LogP contribution in [0.15, 0.2) is 4.99 Å². The van der Waals surface area contributed by atoms with Gasteiger partial charge in [-0.15, -0.1) is 0 Å². The number of nitrogens with zero attached hydrogens (tertiary/aromatic N) is 1. The summed E-state index contributed by atoms with van der Waals surface area (Å²) in [6.07, 6.45) is 3.83. The van der Waals surface area contributed by atoms with Gasteiger partial charge in [0.1, 0.15) is 0 Å². The molecule has 2 heterocycles. The van der Waals surface area contributed by atoms with Gasteiger partial charge in [-0.1, -0.05) is 0 Å². The van der Waals surface area contributed by atoms with Crippen LogP contribution in [0.5, 0.6) is 0 Å². The SMILES string of the molecule is CN=C(NCC1CCOC1)NCC1CCCO1. The predicted octanol–water partition coefficient (Wildman–Crippen LogP) is 0.367. The van der Waals surface area contributed by atoms with Crippen molar-refractivity contribution in [2.75, 3.05) is 40.0 Å². The minimum atomic E-state index is 0.350. The van der Waals surface area contributed by atoms with Gasteiger partial charge in [0.15, 0.2) is 5.96 Å². The van der Waals surface area contributed by atoms with Gasteiger partial charge in [-0.3, -0.25) is 4.99 Å². The second kappa shape index (κ2) is 6.81. The predicted molar refractivity (Wildman–Crippen MR) is 67.3 cm³/mol. The van der Waals surface area contributed by atoms with Gasteiger partial charge in [0.25, 0.3) is 0 Å². The van der Waals surface area contributed by atoms with E-state index in [1.165, 1.54) is 6.42 Å². The highest BCUT2D eigenvalue weighted by molar-refractivity contribution is 5.79. The molecule has 98 valence electrons. The summed E-state index contributed by atoms with van der Waals surface area (Å²) in [5.74, 6) is 1.49. The Balaban J connectivity index is 1.62. The molecule has 2 saturated heterocycles. The maximum Gasteiger partial charge on any atom is 0.191 e. The Kier molecular flexibility index (Phi) is 5.07. The lowest BCUT2D eigenvalue weighted by atomic mass is 10.1. The van der Waals surface area contributed by atoms with Crippen LogP contribution in [0.25, 0.3) is 0 Å². The van der Waals surface area contributed by atoms with Gasteiger partial charge < -0.3 is 20.1 Å². The Hall–Kier alpha value is -0.810. The Bertz CT molecular complexity index is 224. The fraction of sp³-hybridized carbons (Fsp3) is 0.917. The molecule has 2 aliphatic rings. The van der Waals surface area contributed by atoms with Crippen molar-refractivity contribution in [3.8, 4) is 0 Å². The van der Waals surface area contributed by atoms with Gasteiger partial charge in [-0.25, -0.2) is 0 Å². The number of guanidine groups is 1. The van der Waals surface area contributed by atoms with Gasteiger partial charge in [-0.05, 0) is 19.3 Å². The normalized spacial score (nSPS) is 29.6. The average molecular weight is 241 g/mol. The van der Waals surface area contributed by atoms with Crippen LogP contribution >= 0.6 is 0 Å². The second-order valence-electron chi connectivity index (χ2n) is 4.70. The summed E-state index contributed by atoms with van der Waals surface area (Å²) in [5, 5.41) is 6.65.